The highest BCUT2D eigenvalue weighted by atomic mass is 32.2. The third-order valence-corrected chi connectivity index (χ3v) is 5.55. The van der Waals surface area contributed by atoms with Crippen molar-refractivity contribution in [1.29, 1.82) is 0 Å². The standard InChI is InChI=1S/C10H14N6O4S/c1-15-4-6(7(11)14-15)21(19,20)16-3-2-10(5-16)8(17)12-9(18)13-10/h4H,2-3,5H2,1H3,(H2,11,14)(H2,12,13,17,18). The Morgan fingerprint density at radius 1 is 1.43 bits per heavy atom. The second-order valence-corrected chi connectivity index (χ2v) is 7.04. The molecule has 1 atom stereocenters. The maximum absolute atomic E-state index is 12.5. The number of nitrogen functional groups attached to an aromatic ring is 1. The Hall–Kier alpha value is -2.14. The fourth-order valence-electron chi connectivity index (χ4n) is 2.62. The van der Waals surface area contributed by atoms with Crippen LogP contribution in [0.3, 0.4) is 0 Å². The van der Waals surface area contributed by atoms with Crippen LogP contribution < -0.4 is 16.4 Å². The van der Waals surface area contributed by atoms with Gasteiger partial charge in [0.05, 0.1) is 0 Å². The van der Waals surface area contributed by atoms with Crippen molar-refractivity contribution >= 4 is 27.8 Å². The number of imide groups is 1. The number of carbonyl (C=O) groups is 2. The number of sulfonamides is 1. The van der Waals surface area contributed by atoms with Crippen LogP contribution in [0.15, 0.2) is 11.1 Å². The van der Waals surface area contributed by atoms with Crippen LogP contribution in [0.2, 0.25) is 0 Å². The van der Waals surface area contributed by atoms with Gasteiger partial charge in [0.25, 0.3) is 5.91 Å². The van der Waals surface area contributed by atoms with Crippen molar-refractivity contribution in [1.82, 2.24) is 24.7 Å². The van der Waals surface area contributed by atoms with Gasteiger partial charge in [-0.2, -0.15) is 9.40 Å². The molecule has 2 aliphatic rings. The van der Waals surface area contributed by atoms with E-state index in [1.807, 2.05) is 0 Å². The average molecular weight is 314 g/mol. The molecule has 10 nitrogen and oxygen atoms in total. The van der Waals surface area contributed by atoms with E-state index in [9.17, 15) is 18.0 Å². The number of aromatic nitrogens is 2. The lowest BCUT2D eigenvalue weighted by atomic mass is 10.00. The number of nitrogens with one attached hydrogen (secondary N) is 2. The number of aryl methyl sites for hydroxylation is 1. The lowest BCUT2D eigenvalue weighted by molar-refractivity contribution is -0.123. The molecule has 1 unspecified atom stereocenters. The monoisotopic (exact) mass is 314 g/mol. The zero-order valence-electron chi connectivity index (χ0n) is 11.2. The van der Waals surface area contributed by atoms with E-state index >= 15 is 0 Å². The van der Waals surface area contributed by atoms with Gasteiger partial charge in [-0.1, -0.05) is 0 Å². The van der Waals surface area contributed by atoms with Crippen LogP contribution in [0, 0.1) is 0 Å². The topological polar surface area (TPSA) is 139 Å². The molecule has 2 saturated heterocycles. The molecule has 114 valence electrons. The molecular weight excluding hydrogens is 300 g/mol. The van der Waals surface area contributed by atoms with E-state index in [1.165, 1.54) is 10.9 Å². The third kappa shape index (κ3) is 1.96. The predicted molar refractivity (Wildman–Crippen MR) is 70.4 cm³/mol. The Morgan fingerprint density at radius 2 is 2.14 bits per heavy atom. The molecule has 3 heterocycles. The van der Waals surface area contributed by atoms with Crippen molar-refractivity contribution in [2.45, 2.75) is 16.9 Å². The molecule has 0 aromatic carbocycles. The number of nitrogens with zero attached hydrogens (tertiary/aromatic N) is 3. The molecular formula is C10H14N6O4S. The summed E-state index contributed by atoms with van der Waals surface area (Å²) in [5.41, 5.74) is 4.41. The van der Waals surface area contributed by atoms with Gasteiger partial charge in [-0.25, -0.2) is 13.2 Å². The van der Waals surface area contributed by atoms with Crippen molar-refractivity contribution < 1.29 is 18.0 Å². The van der Waals surface area contributed by atoms with Gasteiger partial charge in [-0.3, -0.25) is 14.8 Å². The Morgan fingerprint density at radius 3 is 2.67 bits per heavy atom. The van der Waals surface area contributed by atoms with Gasteiger partial charge in [0, 0.05) is 26.3 Å². The highest BCUT2D eigenvalue weighted by molar-refractivity contribution is 7.89. The molecule has 3 rings (SSSR count). The molecule has 0 radical (unpaired) electrons. The van der Waals surface area contributed by atoms with Gasteiger partial charge in [-0.15, -0.1) is 0 Å². The highest BCUT2D eigenvalue weighted by Crippen LogP contribution is 2.30. The van der Waals surface area contributed by atoms with E-state index in [0.29, 0.717) is 0 Å². The van der Waals surface area contributed by atoms with Crippen LogP contribution in [0.4, 0.5) is 10.6 Å². The zero-order valence-corrected chi connectivity index (χ0v) is 12.0. The molecule has 2 fully saturated rings. The second-order valence-electron chi connectivity index (χ2n) is 5.13. The van der Waals surface area contributed by atoms with Gasteiger partial charge in [0.1, 0.15) is 10.4 Å². The first kappa shape index (κ1) is 13.8. The van der Waals surface area contributed by atoms with E-state index in [2.05, 4.69) is 15.7 Å². The number of hydrogen-bond donors (Lipinski definition) is 3. The largest absolute Gasteiger partial charge is 0.381 e. The van der Waals surface area contributed by atoms with Crippen LogP contribution >= 0.6 is 0 Å². The van der Waals surface area contributed by atoms with E-state index in [-0.39, 0.29) is 30.2 Å². The third-order valence-electron chi connectivity index (χ3n) is 3.69. The van der Waals surface area contributed by atoms with Crippen molar-refractivity contribution in [2.75, 3.05) is 18.8 Å². The van der Waals surface area contributed by atoms with Crippen LogP contribution in [0.5, 0.6) is 0 Å². The van der Waals surface area contributed by atoms with E-state index in [0.717, 1.165) is 4.31 Å². The molecule has 4 N–H and O–H groups in total. The van der Waals surface area contributed by atoms with Gasteiger partial charge >= 0.3 is 6.03 Å². The number of hydrogen-bond acceptors (Lipinski definition) is 6. The summed E-state index contributed by atoms with van der Waals surface area (Å²) >= 11 is 0. The number of rotatable bonds is 2. The number of anilines is 1. The molecule has 2 aliphatic heterocycles. The molecule has 11 heteroatoms. The maximum atomic E-state index is 12.5. The Labute approximate surface area is 120 Å². The molecule has 3 amide bonds. The first-order chi connectivity index (χ1) is 9.74. The molecule has 0 aliphatic carbocycles. The van der Waals surface area contributed by atoms with Gasteiger partial charge < -0.3 is 11.1 Å². The summed E-state index contributed by atoms with van der Waals surface area (Å²) in [5, 5.41) is 8.42. The molecule has 0 bridgehead atoms. The normalized spacial score (nSPS) is 26.3. The van der Waals surface area contributed by atoms with Crippen molar-refractivity contribution in [2.24, 2.45) is 7.05 Å². The Kier molecular flexibility index (Phi) is 2.75. The highest BCUT2D eigenvalue weighted by Gasteiger charge is 2.53. The number of nitrogens with two attached hydrogens (primary N) is 1. The predicted octanol–water partition coefficient (Wildman–Crippen LogP) is -2.03. The summed E-state index contributed by atoms with van der Waals surface area (Å²) < 4.78 is 27.5. The fraction of sp³-hybridized carbons (Fsp3) is 0.500. The SMILES string of the molecule is Cn1cc(S(=O)(=O)N2CCC3(C2)NC(=O)NC3=O)c(N)n1. The van der Waals surface area contributed by atoms with Crippen LogP contribution in [-0.2, 0) is 21.9 Å². The number of urea groups is 1. The fourth-order valence-corrected chi connectivity index (χ4v) is 4.21. The second kappa shape index (κ2) is 4.18. The first-order valence-corrected chi connectivity index (χ1v) is 7.61. The average Bonchev–Trinajstić information content (AvgIpc) is 3.01. The van der Waals surface area contributed by atoms with Crippen molar-refractivity contribution in [3.8, 4) is 0 Å². The zero-order chi connectivity index (χ0) is 15.4. The summed E-state index contributed by atoms with van der Waals surface area (Å²) in [7, 11) is -2.30. The van der Waals surface area contributed by atoms with Crippen molar-refractivity contribution in [3.63, 3.8) is 0 Å². The van der Waals surface area contributed by atoms with Crippen LogP contribution in [0.1, 0.15) is 6.42 Å². The smallest absolute Gasteiger partial charge is 0.322 e. The lowest BCUT2D eigenvalue weighted by Crippen LogP contribution is -2.49. The molecule has 21 heavy (non-hydrogen) atoms. The summed E-state index contributed by atoms with van der Waals surface area (Å²) in [6.45, 7) is -0.00832. The summed E-state index contributed by atoms with van der Waals surface area (Å²) in [6.07, 6.45) is 1.52. The maximum Gasteiger partial charge on any atom is 0.322 e. The Bertz CT molecular complexity index is 741. The van der Waals surface area contributed by atoms with E-state index in [4.69, 9.17) is 5.73 Å². The first-order valence-electron chi connectivity index (χ1n) is 6.17. The molecule has 0 saturated carbocycles. The van der Waals surface area contributed by atoms with Gasteiger partial charge in [0.15, 0.2) is 5.82 Å². The minimum Gasteiger partial charge on any atom is -0.381 e. The number of amides is 3. The van der Waals surface area contributed by atoms with Crippen molar-refractivity contribution in [3.05, 3.63) is 6.20 Å². The van der Waals surface area contributed by atoms with Gasteiger partial charge in [-0.05, 0) is 6.42 Å². The van der Waals surface area contributed by atoms with E-state index < -0.39 is 27.5 Å². The minimum absolute atomic E-state index is 0.0987. The lowest BCUT2D eigenvalue weighted by Gasteiger charge is -2.20. The number of carbonyl (C=O) groups excluding carboxylic acids is 2. The van der Waals surface area contributed by atoms with Gasteiger partial charge in [0.2, 0.25) is 10.0 Å². The summed E-state index contributed by atoms with van der Waals surface area (Å²) in [6, 6.07) is -0.611. The molecule has 1 aromatic heterocycles. The van der Waals surface area contributed by atoms with Crippen LogP contribution in [-0.4, -0.2) is 53.1 Å². The summed E-state index contributed by atoms with van der Waals surface area (Å²) in [4.78, 5) is 23.0. The molecule has 1 aromatic rings. The van der Waals surface area contributed by atoms with Crippen LogP contribution in [0.25, 0.3) is 0 Å². The quantitative estimate of drug-likeness (QED) is 0.538. The summed E-state index contributed by atoms with van der Waals surface area (Å²) in [5.74, 6) is -0.609. The Balaban J connectivity index is 1.91. The molecule has 1 spiro atoms. The van der Waals surface area contributed by atoms with E-state index in [1.54, 1.807) is 7.05 Å². The minimum atomic E-state index is -3.86.